The molecular formula is C27H50O13S. The van der Waals surface area contributed by atoms with E-state index in [4.69, 9.17) is 24.1 Å². The molecule has 8 N–H and O–H groups in total. The average Bonchev–Trinajstić information content (AvgIpc) is 2.95. The van der Waals surface area contributed by atoms with Gasteiger partial charge in [-0.15, -0.1) is 0 Å². The zero-order valence-electron chi connectivity index (χ0n) is 23.9. The van der Waals surface area contributed by atoms with Crippen molar-refractivity contribution in [2.24, 2.45) is 11.8 Å². The predicted molar refractivity (Wildman–Crippen MR) is 148 cm³/mol. The number of hydrogen-bond donors (Lipinski definition) is 8. The monoisotopic (exact) mass is 614 g/mol. The van der Waals surface area contributed by atoms with E-state index in [0.29, 0.717) is 44.0 Å². The van der Waals surface area contributed by atoms with Crippen LogP contribution < -0.4 is 0 Å². The van der Waals surface area contributed by atoms with Crippen molar-refractivity contribution in [1.82, 2.24) is 0 Å². The molecule has 2 fully saturated rings. The van der Waals surface area contributed by atoms with E-state index >= 15 is 0 Å². The molecule has 0 saturated carbocycles. The summed E-state index contributed by atoms with van der Waals surface area (Å²) in [5.74, 6) is 1.22. The van der Waals surface area contributed by atoms with Crippen LogP contribution in [0.4, 0.5) is 0 Å². The molecule has 0 spiro atoms. The molecule has 242 valence electrons. The lowest BCUT2D eigenvalue weighted by Gasteiger charge is -2.44. The standard InChI is InChI=1S/C27H50O13S/c1-15(2)8-10-37-13-17(30)16(6-3-4-9-28)7-5-11-41-14-19-21(32)23(34)25(36)27(39-19)40-26-24(35)22(33)20(31)18(12-29)38-26/h15-16,18-29,31-36H,3-14H2,1-2H3/t16?,18-,19-,20-,21-,22+,23+,24-,25-,26-,27-/m1/s1. The molecule has 13 nitrogen and oxygen atoms in total. The SMILES string of the molecule is CC(C)CCOCC(=O)C(CCCCO)CCCSC[C@H]1O[C@H](O[C@H]2O[C@H](CO)[C@@H](O)[C@H](O)[C@H]2O)[C@H](O)[C@@H](O)[C@@H]1O. The molecule has 0 aromatic heterocycles. The number of ether oxygens (including phenoxy) is 4. The molecule has 0 aromatic rings. The summed E-state index contributed by atoms with van der Waals surface area (Å²) in [6, 6.07) is 0. The molecule has 0 radical (unpaired) electrons. The first kappa shape index (κ1) is 36.7. The van der Waals surface area contributed by atoms with Gasteiger partial charge in [0.15, 0.2) is 18.4 Å². The topological polar surface area (TPSA) is 216 Å². The van der Waals surface area contributed by atoms with Crippen LogP contribution in [0.1, 0.15) is 52.4 Å². The number of ketones is 1. The van der Waals surface area contributed by atoms with Crippen LogP contribution in [-0.4, -0.2) is 146 Å². The molecule has 0 aromatic carbocycles. The number of aliphatic hydroxyl groups is 8. The van der Waals surface area contributed by atoms with Crippen molar-refractivity contribution in [3.63, 3.8) is 0 Å². The van der Waals surface area contributed by atoms with Crippen LogP contribution in [0.2, 0.25) is 0 Å². The summed E-state index contributed by atoms with van der Waals surface area (Å²) in [6.07, 6.45) is -10.8. The van der Waals surface area contributed by atoms with E-state index in [1.165, 1.54) is 11.8 Å². The van der Waals surface area contributed by atoms with Crippen LogP contribution in [0.15, 0.2) is 0 Å². The molecule has 0 aliphatic carbocycles. The molecule has 0 amide bonds. The van der Waals surface area contributed by atoms with Gasteiger partial charge < -0.3 is 59.8 Å². The lowest BCUT2D eigenvalue weighted by atomic mass is 9.93. The van der Waals surface area contributed by atoms with E-state index in [2.05, 4.69) is 13.8 Å². The Bertz CT molecular complexity index is 729. The Morgan fingerprint density at radius 3 is 1.95 bits per heavy atom. The van der Waals surface area contributed by atoms with Crippen molar-refractivity contribution in [2.45, 2.75) is 114 Å². The lowest BCUT2D eigenvalue weighted by Crippen LogP contribution is -2.63. The summed E-state index contributed by atoms with van der Waals surface area (Å²) in [4.78, 5) is 12.7. The number of aliphatic hydroxyl groups excluding tert-OH is 8. The Morgan fingerprint density at radius 1 is 0.780 bits per heavy atom. The van der Waals surface area contributed by atoms with Crippen molar-refractivity contribution >= 4 is 17.5 Å². The van der Waals surface area contributed by atoms with Gasteiger partial charge in [0.25, 0.3) is 0 Å². The van der Waals surface area contributed by atoms with Gasteiger partial charge in [-0.1, -0.05) is 20.3 Å². The number of thioether (sulfide) groups is 1. The summed E-state index contributed by atoms with van der Waals surface area (Å²) in [6.45, 7) is 4.20. The molecule has 41 heavy (non-hydrogen) atoms. The van der Waals surface area contributed by atoms with E-state index in [1.807, 2.05) is 0 Å². The maximum Gasteiger partial charge on any atom is 0.189 e. The van der Waals surface area contributed by atoms with Gasteiger partial charge in [0.1, 0.15) is 49.3 Å². The lowest BCUT2D eigenvalue weighted by molar-refractivity contribution is -0.373. The molecule has 11 atom stereocenters. The van der Waals surface area contributed by atoms with E-state index in [0.717, 1.165) is 12.8 Å². The zero-order valence-corrected chi connectivity index (χ0v) is 24.8. The second-order valence-electron chi connectivity index (χ2n) is 11.2. The predicted octanol–water partition coefficient (Wildman–Crippen LogP) is -1.47. The van der Waals surface area contributed by atoms with Crippen LogP contribution in [-0.2, 0) is 23.7 Å². The summed E-state index contributed by atoms with van der Waals surface area (Å²) in [5, 5.41) is 79.8. The van der Waals surface area contributed by atoms with Crippen molar-refractivity contribution in [1.29, 1.82) is 0 Å². The number of Topliss-reactive ketones (excluding diaryl/α,β-unsaturated/α-hetero) is 1. The van der Waals surface area contributed by atoms with Gasteiger partial charge in [0.2, 0.25) is 0 Å². The van der Waals surface area contributed by atoms with Crippen LogP contribution in [0.25, 0.3) is 0 Å². The van der Waals surface area contributed by atoms with Gasteiger partial charge in [-0.25, -0.2) is 0 Å². The fourth-order valence-electron chi connectivity index (χ4n) is 4.69. The average molecular weight is 615 g/mol. The summed E-state index contributed by atoms with van der Waals surface area (Å²) in [7, 11) is 0. The van der Waals surface area contributed by atoms with Gasteiger partial charge in [0, 0.05) is 24.9 Å². The highest BCUT2D eigenvalue weighted by Gasteiger charge is 2.49. The Labute approximate surface area is 245 Å². The second-order valence-corrected chi connectivity index (χ2v) is 12.3. The molecule has 2 aliphatic rings. The summed E-state index contributed by atoms with van der Waals surface area (Å²) in [5.41, 5.74) is 0. The third-order valence-corrected chi connectivity index (χ3v) is 8.55. The molecule has 0 bridgehead atoms. The molecular weight excluding hydrogens is 564 g/mol. The molecule has 14 heteroatoms. The first-order chi connectivity index (χ1) is 19.5. The first-order valence-corrected chi connectivity index (χ1v) is 15.6. The minimum absolute atomic E-state index is 0.0491. The number of hydrogen-bond acceptors (Lipinski definition) is 14. The molecule has 2 heterocycles. The minimum atomic E-state index is -1.73. The van der Waals surface area contributed by atoms with E-state index in [-0.39, 0.29) is 30.7 Å². The quantitative estimate of drug-likeness (QED) is 0.0780. The van der Waals surface area contributed by atoms with Crippen LogP contribution in [0.3, 0.4) is 0 Å². The highest BCUT2D eigenvalue weighted by atomic mass is 32.2. The van der Waals surface area contributed by atoms with Crippen molar-refractivity contribution in [3.05, 3.63) is 0 Å². The highest BCUT2D eigenvalue weighted by Crippen LogP contribution is 2.29. The Hall–Kier alpha value is -0.460. The Balaban J connectivity index is 1.84. The molecule has 1 unspecified atom stereocenters. The van der Waals surface area contributed by atoms with Gasteiger partial charge >= 0.3 is 0 Å². The smallest absolute Gasteiger partial charge is 0.189 e. The van der Waals surface area contributed by atoms with Gasteiger partial charge in [-0.3, -0.25) is 4.79 Å². The third kappa shape index (κ3) is 11.5. The number of carbonyl (C=O) groups excluding carboxylic acids is 1. The molecule has 2 aliphatic heterocycles. The fourth-order valence-corrected chi connectivity index (χ4v) is 5.73. The van der Waals surface area contributed by atoms with Gasteiger partial charge in [-0.05, 0) is 43.8 Å². The van der Waals surface area contributed by atoms with Crippen LogP contribution >= 0.6 is 11.8 Å². The number of unbranched alkanes of at least 4 members (excludes halogenated alkanes) is 1. The number of carbonyl (C=O) groups is 1. The van der Waals surface area contributed by atoms with E-state index in [1.54, 1.807) is 0 Å². The normalized spacial score (nSPS) is 35.1. The molecule has 2 saturated heterocycles. The molecule has 2 rings (SSSR count). The first-order valence-electron chi connectivity index (χ1n) is 14.5. The fraction of sp³-hybridized carbons (Fsp3) is 0.963. The van der Waals surface area contributed by atoms with Crippen LogP contribution in [0, 0.1) is 11.8 Å². The maximum atomic E-state index is 12.7. The summed E-state index contributed by atoms with van der Waals surface area (Å²) >= 11 is 1.42. The van der Waals surface area contributed by atoms with Crippen molar-refractivity contribution in [2.75, 3.05) is 37.9 Å². The highest BCUT2D eigenvalue weighted by molar-refractivity contribution is 7.99. The largest absolute Gasteiger partial charge is 0.396 e. The minimum Gasteiger partial charge on any atom is -0.396 e. The van der Waals surface area contributed by atoms with Gasteiger partial charge in [0.05, 0.1) is 12.7 Å². The Kier molecular flexibility index (Phi) is 17.1. The van der Waals surface area contributed by atoms with E-state index in [9.17, 15) is 40.5 Å². The Morgan fingerprint density at radius 2 is 1.37 bits per heavy atom. The number of rotatable bonds is 19. The van der Waals surface area contributed by atoms with Crippen molar-refractivity contribution < 1.29 is 64.6 Å². The summed E-state index contributed by atoms with van der Waals surface area (Å²) < 4.78 is 22.0. The zero-order chi connectivity index (χ0) is 30.5. The van der Waals surface area contributed by atoms with E-state index < -0.39 is 68.0 Å². The van der Waals surface area contributed by atoms with Crippen molar-refractivity contribution in [3.8, 4) is 0 Å². The second kappa shape index (κ2) is 19.0. The van der Waals surface area contributed by atoms with Crippen LogP contribution in [0.5, 0.6) is 0 Å². The van der Waals surface area contributed by atoms with Gasteiger partial charge in [-0.2, -0.15) is 11.8 Å². The third-order valence-electron chi connectivity index (χ3n) is 7.41. The maximum absolute atomic E-state index is 12.7.